The van der Waals surface area contributed by atoms with E-state index in [-0.39, 0.29) is 0 Å². The average Bonchev–Trinajstić information content (AvgIpc) is 2.16. The Morgan fingerprint density at radius 1 is 1.62 bits per heavy atom. The van der Waals surface area contributed by atoms with Gasteiger partial charge in [0.2, 0.25) is 0 Å². The fourth-order valence-corrected chi connectivity index (χ4v) is 1.21. The number of esters is 1. The monoisotopic (exact) mass is 244 g/mol. The molecule has 0 saturated heterocycles. The molecule has 0 radical (unpaired) electrons. The second kappa shape index (κ2) is 4.23. The van der Waals surface area contributed by atoms with Gasteiger partial charge in [0.15, 0.2) is 0 Å². The summed E-state index contributed by atoms with van der Waals surface area (Å²) in [5.74, 6) is 0.102. The van der Waals surface area contributed by atoms with E-state index in [2.05, 4.69) is 31.0 Å². The molecule has 1 heterocycles. The van der Waals surface area contributed by atoms with Crippen molar-refractivity contribution in [1.29, 1.82) is 0 Å². The van der Waals surface area contributed by atoms with Crippen LogP contribution < -0.4 is 5.32 Å². The van der Waals surface area contributed by atoms with Crippen molar-refractivity contribution in [2.24, 2.45) is 0 Å². The quantitative estimate of drug-likeness (QED) is 0.636. The van der Waals surface area contributed by atoms with Crippen LogP contribution in [0.1, 0.15) is 10.4 Å². The van der Waals surface area contributed by atoms with E-state index in [1.807, 2.05) is 0 Å². The lowest BCUT2D eigenvalue weighted by Gasteiger charge is -2.05. The third-order valence-electron chi connectivity index (χ3n) is 1.50. The number of aromatic nitrogens is 1. The van der Waals surface area contributed by atoms with Crippen LogP contribution in [0, 0.1) is 0 Å². The number of carbonyl (C=O) groups is 1. The molecule has 13 heavy (non-hydrogen) atoms. The number of hydrogen-bond donors (Lipinski definition) is 1. The largest absolute Gasteiger partial charge is 0.465 e. The summed E-state index contributed by atoms with van der Waals surface area (Å²) >= 11 is 3.20. The molecule has 5 heteroatoms. The van der Waals surface area contributed by atoms with E-state index in [9.17, 15) is 4.79 Å². The van der Waals surface area contributed by atoms with Crippen LogP contribution in [-0.2, 0) is 4.74 Å². The Balaban J connectivity index is 3.13. The third kappa shape index (κ3) is 2.18. The first-order valence-electron chi connectivity index (χ1n) is 3.61. The number of methoxy groups -OCH3 is 1. The molecule has 4 nitrogen and oxygen atoms in total. The van der Waals surface area contributed by atoms with Crippen LogP contribution in [0.5, 0.6) is 0 Å². The van der Waals surface area contributed by atoms with Gasteiger partial charge in [-0.15, -0.1) is 0 Å². The Labute approximate surface area is 84.4 Å². The molecular formula is C8H9BrN2O2. The molecule has 0 aliphatic rings. The van der Waals surface area contributed by atoms with E-state index < -0.39 is 5.97 Å². The molecule has 0 aliphatic carbocycles. The van der Waals surface area contributed by atoms with Crippen LogP contribution in [-0.4, -0.2) is 25.1 Å². The van der Waals surface area contributed by atoms with Crippen LogP contribution in [0.25, 0.3) is 0 Å². The summed E-state index contributed by atoms with van der Waals surface area (Å²) < 4.78 is 5.26. The van der Waals surface area contributed by atoms with Gasteiger partial charge in [-0.25, -0.2) is 9.78 Å². The Morgan fingerprint density at radius 2 is 2.31 bits per heavy atom. The van der Waals surface area contributed by atoms with Gasteiger partial charge in [0, 0.05) is 7.05 Å². The van der Waals surface area contributed by atoms with Crippen LogP contribution in [0.2, 0.25) is 0 Å². The normalized spacial score (nSPS) is 9.46. The van der Waals surface area contributed by atoms with E-state index >= 15 is 0 Å². The molecular weight excluding hydrogens is 236 g/mol. The van der Waals surface area contributed by atoms with Gasteiger partial charge in [0.1, 0.15) is 16.0 Å². The molecule has 0 fully saturated rings. The molecule has 0 saturated carbocycles. The highest BCUT2D eigenvalue weighted by atomic mass is 79.9. The van der Waals surface area contributed by atoms with Gasteiger partial charge >= 0.3 is 5.97 Å². The lowest BCUT2D eigenvalue weighted by molar-refractivity contribution is 0.0601. The van der Waals surface area contributed by atoms with Gasteiger partial charge in [-0.2, -0.15) is 0 Å². The van der Waals surface area contributed by atoms with Crippen molar-refractivity contribution in [3.8, 4) is 0 Å². The fourth-order valence-electron chi connectivity index (χ4n) is 0.901. The molecule has 1 rings (SSSR count). The molecule has 1 aromatic heterocycles. The average molecular weight is 245 g/mol. The number of ether oxygens (including phenoxy) is 1. The maximum Gasteiger partial charge on any atom is 0.341 e. The molecule has 0 amide bonds. The first-order chi connectivity index (χ1) is 6.19. The number of pyridine rings is 1. The third-order valence-corrected chi connectivity index (χ3v) is 1.95. The second-order valence-corrected chi connectivity index (χ2v) is 3.08. The molecule has 0 aromatic carbocycles. The van der Waals surface area contributed by atoms with E-state index in [1.165, 1.54) is 7.11 Å². The SMILES string of the molecule is CNc1nc(Br)ccc1C(=O)OC. The lowest BCUT2D eigenvalue weighted by atomic mass is 10.2. The smallest absolute Gasteiger partial charge is 0.341 e. The summed E-state index contributed by atoms with van der Waals surface area (Å²) in [4.78, 5) is 15.3. The Kier molecular flexibility index (Phi) is 3.25. The maximum absolute atomic E-state index is 11.2. The molecule has 0 bridgehead atoms. The zero-order valence-corrected chi connectivity index (χ0v) is 8.88. The van der Waals surface area contributed by atoms with Gasteiger partial charge < -0.3 is 10.1 Å². The topological polar surface area (TPSA) is 51.2 Å². The zero-order valence-electron chi connectivity index (χ0n) is 7.30. The van der Waals surface area contributed by atoms with Gasteiger partial charge in [0.25, 0.3) is 0 Å². The Morgan fingerprint density at radius 3 is 2.85 bits per heavy atom. The molecule has 0 atom stereocenters. The summed E-state index contributed by atoms with van der Waals surface area (Å²) in [7, 11) is 3.03. The van der Waals surface area contributed by atoms with Crippen molar-refractivity contribution >= 4 is 27.7 Å². The van der Waals surface area contributed by atoms with Crippen molar-refractivity contribution in [3.05, 3.63) is 22.3 Å². The summed E-state index contributed by atoms with van der Waals surface area (Å²) in [5, 5.41) is 2.81. The van der Waals surface area contributed by atoms with Gasteiger partial charge in [0.05, 0.1) is 7.11 Å². The molecule has 0 aliphatic heterocycles. The van der Waals surface area contributed by atoms with Crippen LogP contribution in [0.15, 0.2) is 16.7 Å². The summed E-state index contributed by atoms with van der Waals surface area (Å²) in [6.45, 7) is 0. The first kappa shape index (κ1) is 9.98. The van der Waals surface area contributed by atoms with Crippen molar-refractivity contribution in [1.82, 2.24) is 4.98 Å². The Bertz CT molecular complexity index is 328. The number of halogens is 1. The van der Waals surface area contributed by atoms with E-state index in [0.29, 0.717) is 16.0 Å². The minimum Gasteiger partial charge on any atom is -0.465 e. The number of anilines is 1. The van der Waals surface area contributed by atoms with Crippen LogP contribution in [0.4, 0.5) is 5.82 Å². The molecule has 1 aromatic rings. The van der Waals surface area contributed by atoms with E-state index in [4.69, 9.17) is 0 Å². The second-order valence-electron chi connectivity index (χ2n) is 2.27. The van der Waals surface area contributed by atoms with Crippen molar-refractivity contribution in [2.75, 3.05) is 19.5 Å². The van der Waals surface area contributed by atoms with Crippen molar-refractivity contribution in [3.63, 3.8) is 0 Å². The molecule has 0 unspecified atom stereocenters. The minimum absolute atomic E-state index is 0.399. The van der Waals surface area contributed by atoms with Crippen LogP contribution >= 0.6 is 15.9 Å². The molecule has 0 spiro atoms. The minimum atomic E-state index is -0.399. The predicted octanol–water partition coefficient (Wildman–Crippen LogP) is 1.67. The van der Waals surface area contributed by atoms with Gasteiger partial charge in [-0.1, -0.05) is 0 Å². The van der Waals surface area contributed by atoms with Crippen molar-refractivity contribution in [2.45, 2.75) is 0 Å². The number of hydrogen-bond acceptors (Lipinski definition) is 4. The number of carbonyl (C=O) groups excluding carboxylic acids is 1. The summed E-state index contributed by atoms with van der Waals surface area (Å²) in [6, 6.07) is 3.34. The standard InChI is InChI=1S/C8H9BrN2O2/c1-10-7-5(8(12)13-2)3-4-6(9)11-7/h3-4H,1-2H3,(H,10,11). The highest BCUT2D eigenvalue weighted by Gasteiger charge is 2.11. The van der Waals surface area contributed by atoms with Gasteiger partial charge in [-0.3, -0.25) is 0 Å². The number of rotatable bonds is 2. The summed E-state index contributed by atoms with van der Waals surface area (Å²) in [5.41, 5.74) is 0.424. The Hall–Kier alpha value is -1.10. The highest BCUT2D eigenvalue weighted by Crippen LogP contribution is 2.16. The fraction of sp³-hybridized carbons (Fsp3) is 0.250. The zero-order chi connectivity index (χ0) is 9.84. The van der Waals surface area contributed by atoms with E-state index in [0.717, 1.165) is 0 Å². The lowest BCUT2D eigenvalue weighted by Crippen LogP contribution is -2.07. The molecule has 70 valence electrons. The van der Waals surface area contributed by atoms with Crippen LogP contribution in [0.3, 0.4) is 0 Å². The first-order valence-corrected chi connectivity index (χ1v) is 4.41. The number of nitrogens with one attached hydrogen (secondary N) is 1. The highest BCUT2D eigenvalue weighted by molar-refractivity contribution is 9.10. The predicted molar refractivity (Wildman–Crippen MR) is 52.8 cm³/mol. The van der Waals surface area contributed by atoms with Gasteiger partial charge in [-0.05, 0) is 28.1 Å². The molecule has 1 N–H and O–H groups in total. The van der Waals surface area contributed by atoms with Crippen molar-refractivity contribution < 1.29 is 9.53 Å². The number of nitrogens with zero attached hydrogens (tertiary/aromatic N) is 1. The maximum atomic E-state index is 11.2. The summed E-state index contributed by atoms with van der Waals surface area (Å²) in [6.07, 6.45) is 0. The van der Waals surface area contributed by atoms with E-state index in [1.54, 1.807) is 19.2 Å².